The largest absolute Gasteiger partial charge is 0.370 e. The van der Waals surface area contributed by atoms with Crippen LogP contribution in [0.3, 0.4) is 0 Å². The summed E-state index contributed by atoms with van der Waals surface area (Å²) in [4.78, 5) is 36.2. The first-order valence-electron chi connectivity index (χ1n) is 9.60. The van der Waals surface area contributed by atoms with E-state index in [-0.39, 0.29) is 11.9 Å². The molecule has 0 aliphatic rings. The molecule has 0 spiro atoms. The number of hydrogen-bond acceptors (Lipinski definition) is 5. The number of nitrogens with one attached hydrogen (secondary N) is 4. The van der Waals surface area contributed by atoms with Gasteiger partial charge in [-0.25, -0.2) is 0 Å². The Morgan fingerprint density at radius 2 is 1.79 bits per heavy atom. The van der Waals surface area contributed by atoms with Gasteiger partial charge in [0.05, 0.1) is 12.1 Å². The first-order chi connectivity index (χ1) is 13.7. The van der Waals surface area contributed by atoms with Gasteiger partial charge in [0.2, 0.25) is 18.1 Å². The molecule has 9 nitrogen and oxygen atoms in total. The number of nitrogens with two attached hydrogens (primary N) is 2. The topological polar surface area (TPSA) is 163 Å². The maximum absolute atomic E-state index is 12.6. The standard InChI is InChI=1S/C20H31N6O3/c1-13(2)17(19(29)25-15(12-27)9-6-10-24-20(22)23)26-18(28)16(21)11-14-7-4-3-5-8-14/h3-5,7-8,13,15-17H,6,9-11,21H2,1-2H3,(H,25,29)(H,26,28)(H4,22,23,24)/t15-,16-,17-/m0/s1. The third-order valence-corrected chi connectivity index (χ3v) is 4.33. The van der Waals surface area contributed by atoms with Gasteiger partial charge in [-0.2, -0.15) is 0 Å². The zero-order chi connectivity index (χ0) is 21.8. The zero-order valence-electron chi connectivity index (χ0n) is 16.9. The van der Waals surface area contributed by atoms with Crippen molar-refractivity contribution in [2.75, 3.05) is 6.54 Å². The zero-order valence-corrected chi connectivity index (χ0v) is 16.9. The van der Waals surface area contributed by atoms with E-state index >= 15 is 0 Å². The van der Waals surface area contributed by atoms with Crippen molar-refractivity contribution in [1.82, 2.24) is 16.0 Å². The van der Waals surface area contributed by atoms with Crippen LogP contribution in [-0.2, 0) is 20.8 Å². The molecular weight excluding hydrogens is 372 g/mol. The second-order valence-electron chi connectivity index (χ2n) is 7.19. The van der Waals surface area contributed by atoms with Crippen LogP contribution in [0.5, 0.6) is 0 Å². The van der Waals surface area contributed by atoms with Crippen LogP contribution in [0.2, 0.25) is 0 Å². The quantitative estimate of drug-likeness (QED) is 0.157. The highest BCUT2D eigenvalue weighted by molar-refractivity contribution is 5.91. The Balaban J connectivity index is 2.60. The number of hydrogen-bond donors (Lipinski definition) is 6. The summed E-state index contributed by atoms with van der Waals surface area (Å²) in [7, 11) is 0. The number of rotatable bonds is 12. The smallest absolute Gasteiger partial charge is 0.243 e. The van der Waals surface area contributed by atoms with Crippen LogP contribution in [0.4, 0.5) is 0 Å². The maximum Gasteiger partial charge on any atom is 0.243 e. The third kappa shape index (κ3) is 9.20. The van der Waals surface area contributed by atoms with Crippen LogP contribution < -0.4 is 27.4 Å². The third-order valence-electron chi connectivity index (χ3n) is 4.33. The van der Waals surface area contributed by atoms with Crippen molar-refractivity contribution in [1.29, 1.82) is 5.41 Å². The molecule has 0 aliphatic carbocycles. The average Bonchev–Trinajstić information content (AvgIpc) is 2.68. The summed E-state index contributed by atoms with van der Waals surface area (Å²) >= 11 is 0. The first-order valence-corrected chi connectivity index (χ1v) is 9.60. The lowest BCUT2D eigenvalue weighted by Crippen LogP contribution is -2.55. The Bertz CT molecular complexity index is 680. The molecule has 8 N–H and O–H groups in total. The molecule has 1 aromatic rings. The summed E-state index contributed by atoms with van der Waals surface area (Å²) in [5, 5.41) is 15.0. The molecule has 1 rings (SSSR count). The van der Waals surface area contributed by atoms with Crippen molar-refractivity contribution in [3.8, 4) is 0 Å². The molecule has 1 radical (unpaired) electrons. The lowest BCUT2D eigenvalue weighted by Gasteiger charge is -2.25. The van der Waals surface area contributed by atoms with Gasteiger partial charge in [0.1, 0.15) is 6.04 Å². The van der Waals surface area contributed by atoms with E-state index in [0.29, 0.717) is 25.8 Å². The number of carbonyl (C=O) groups is 2. The van der Waals surface area contributed by atoms with Gasteiger partial charge < -0.3 is 27.4 Å². The molecule has 0 aromatic heterocycles. The molecule has 0 bridgehead atoms. The lowest BCUT2D eigenvalue weighted by molar-refractivity contribution is -0.130. The fourth-order valence-corrected chi connectivity index (χ4v) is 2.71. The van der Waals surface area contributed by atoms with E-state index < -0.39 is 29.9 Å². The van der Waals surface area contributed by atoms with E-state index in [4.69, 9.17) is 16.9 Å². The molecule has 0 aliphatic heterocycles. The Kier molecular flexibility index (Phi) is 10.4. The minimum absolute atomic E-state index is 0.157. The molecular formula is C20H31N6O3. The molecule has 0 saturated heterocycles. The van der Waals surface area contributed by atoms with Crippen LogP contribution in [0.1, 0.15) is 32.3 Å². The van der Waals surface area contributed by atoms with Crippen LogP contribution in [0, 0.1) is 11.3 Å². The van der Waals surface area contributed by atoms with Gasteiger partial charge in [0.25, 0.3) is 0 Å². The maximum atomic E-state index is 12.6. The van der Waals surface area contributed by atoms with E-state index in [1.165, 1.54) is 0 Å². The van der Waals surface area contributed by atoms with Crippen LogP contribution in [0.15, 0.2) is 30.3 Å². The van der Waals surface area contributed by atoms with E-state index in [2.05, 4.69) is 16.0 Å². The Hall–Kier alpha value is -2.94. The second-order valence-corrected chi connectivity index (χ2v) is 7.19. The number of benzene rings is 1. The van der Waals surface area contributed by atoms with E-state index in [1.807, 2.05) is 30.3 Å². The molecule has 0 heterocycles. The number of amides is 2. The summed E-state index contributed by atoms with van der Waals surface area (Å²) in [6, 6.07) is 6.94. The predicted molar refractivity (Wildman–Crippen MR) is 112 cm³/mol. The Morgan fingerprint density at radius 1 is 1.14 bits per heavy atom. The first kappa shape index (κ1) is 24.1. The van der Waals surface area contributed by atoms with Crippen molar-refractivity contribution >= 4 is 24.1 Å². The Labute approximate surface area is 171 Å². The van der Waals surface area contributed by atoms with Crippen molar-refractivity contribution in [3.63, 3.8) is 0 Å². The number of carbonyl (C=O) groups excluding carboxylic acids is 3. The fraction of sp³-hybridized carbons (Fsp3) is 0.500. The molecule has 9 heteroatoms. The summed E-state index contributed by atoms with van der Waals surface area (Å²) in [6.07, 6.45) is 3.00. The molecule has 2 amide bonds. The van der Waals surface area contributed by atoms with Crippen LogP contribution in [0.25, 0.3) is 0 Å². The van der Waals surface area contributed by atoms with E-state index in [9.17, 15) is 14.4 Å². The van der Waals surface area contributed by atoms with E-state index in [0.717, 1.165) is 5.56 Å². The van der Waals surface area contributed by atoms with E-state index in [1.54, 1.807) is 20.1 Å². The van der Waals surface area contributed by atoms with Gasteiger partial charge in [-0.15, -0.1) is 0 Å². The van der Waals surface area contributed by atoms with Gasteiger partial charge in [-0.1, -0.05) is 44.2 Å². The van der Waals surface area contributed by atoms with Crippen molar-refractivity contribution in [2.45, 2.75) is 51.2 Å². The molecule has 0 fully saturated rings. The molecule has 159 valence electrons. The van der Waals surface area contributed by atoms with Crippen LogP contribution in [-0.4, -0.2) is 48.7 Å². The average molecular weight is 404 g/mol. The summed E-state index contributed by atoms with van der Waals surface area (Å²) in [5.41, 5.74) is 12.1. The van der Waals surface area contributed by atoms with Gasteiger partial charge in [0.15, 0.2) is 5.96 Å². The molecule has 0 saturated carbocycles. The highest BCUT2D eigenvalue weighted by Crippen LogP contribution is 2.06. The highest BCUT2D eigenvalue weighted by atomic mass is 16.2. The van der Waals surface area contributed by atoms with Gasteiger partial charge >= 0.3 is 0 Å². The minimum atomic E-state index is -0.824. The molecule has 1 aromatic carbocycles. The molecule has 29 heavy (non-hydrogen) atoms. The fourth-order valence-electron chi connectivity index (χ4n) is 2.71. The predicted octanol–water partition coefficient (Wildman–Crippen LogP) is -0.445. The molecule has 3 atom stereocenters. The highest BCUT2D eigenvalue weighted by Gasteiger charge is 2.28. The van der Waals surface area contributed by atoms with Crippen molar-refractivity contribution in [2.24, 2.45) is 17.4 Å². The Morgan fingerprint density at radius 3 is 2.34 bits per heavy atom. The van der Waals surface area contributed by atoms with Gasteiger partial charge in [0, 0.05) is 6.54 Å². The molecule has 0 unspecified atom stereocenters. The number of guanidine groups is 1. The normalized spacial score (nSPS) is 13.8. The minimum Gasteiger partial charge on any atom is -0.370 e. The monoisotopic (exact) mass is 403 g/mol. The van der Waals surface area contributed by atoms with Crippen molar-refractivity contribution < 1.29 is 14.4 Å². The SMILES string of the molecule is CC(C)[C@H](NC(=O)[C@@H](N)Cc1ccccc1)C(=O)N[C@H]([C]=O)CCCNC(=N)N. The van der Waals surface area contributed by atoms with Crippen LogP contribution >= 0.6 is 0 Å². The second kappa shape index (κ2) is 12.5. The lowest BCUT2D eigenvalue weighted by atomic mass is 10.0. The summed E-state index contributed by atoms with van der Waals surface area (Å²) in [6.45, 7) is 4.00. The summed E-state index contributed by atoms with van der Waals surface area (Å²) < 4.78 is 0. The van der Waals surface area contributed by atoms with Gasteiger partial charge in [-0.3, -0.25) is 19.8 Å². The summed E-state index contributed by atoms with van der Waals surface area (Å²) in [5.74, 6) is -1.25. The van der Waals surface area contributed by atoms with Crippen molar-refractivity contribution in [3.05, 3.63) is 35.9 Å². The van der Waals surface area contributed by atoms with Gasteiger partial charge in [-0.05, 0) is 30.7 Å².